The van der Waals surface area contributed by atoms with Crippen molar-refractivity contribution < 1.29 is 4.74 Å². The quantitative estimate of drug-likeness (QED) is 0.630. The molecule has 13 heavy (non-hydrogen) atoms. The molecule has 0 amide bonds. The highest BCUT2D eigenvalue weighted by atomic mass is 79.9. The summed E-state index contributed by atoms with van der Waals surface area (Å²) in [6.45, 7) is 0. The summed E-state index contributed by atoms with van der Waals surface area (Å²) in [4.78, 5) is 0. The molecule has 0 bridgehead atoms. The molecule has 1 aromatic rings. The average molecular weight is 245 g/mol. The molecular weight excluding hydrogens is 232 g/mol. The summed E-state index contributed by atoms with van der Waals surface area (Å²) in [5.74, 6) is 0.649. The van der Waals surface area contributed by atoms with Gasteiger partial charge >= 0.3 is 0 Å². The van der Waals surface area contributed by atoms with E-state index in [4.69, 9.17) is 16.2 Å². The van der Waals surface area contributed by atoms with Gasteiger partial charge in [0.25, 0.3) is 0 Å². The molecule has 0 saturated carbocycles. The lowest BCUT2D eigenvalue weighted by atomic mass is 10.1. The number of halogens is 1. The van der Waals surface area contributed by atoms with Gasteiger partial charge in [0.2, 0.25) is 0 Å². The number of ether oxygens (including phenoxy) is 1. The number of rotatable bonds is 3. The molecule has 0 saturated heterocycles. The number of anilines is 2. The third-order valence-electron chi connectivity index (χ3n) is 1.84. The highest BCUT2D eigenvalue weighted by molar-refractivity contribution is 9.09. The molecule has 0 spiro atoms. The normalized spacial score (nSPS) is 10.0. The average Bonchev–Trinajstić information content (AvgIpc) is 2.11. The van der Waals surface area contributed by atoms with Gasteiger partial charge in [-0.25, -0.2) is 0 Å². The van der Waals surface area contributed by atoms with Crippen molar-refractivity contribution in [3.63, 3.8) is 0 Å². The van der Waals surface area contributed by atoms with E-state index in [0.717, 1.165) is 17.3 Å². The van der Waals surface area contributed by atoms with Crippen LogP contribution >= 0.6 is 15.9 Å². The van der Waals surface area contributed by atoms with Crippen LogP contribution in [-0.2, 0) is 6.42 Å². The lowest BCUT2D eigenvalue weighted by Crippen LogP contribution is -2.00. The Morgan fingerprint density at radius 1 is 1.38 bits per heavy atom. The Bertz CT molecular complexity index is 302. The number of methoxy groups -OCH3 is 1. The molecule has 0 radical (unpaired) electrons. The van der Waals surface area contributed by atoms with Gasteiger partial charge in [-0.05, 0) is 24.1 Å². The Kier molecular flexibility index (Phi) is 3.42. The van der Waals surface area contributed by atoms with Crippen molar-refractivity contribution in [3.8, 4) is 5.75 Å². The second-order valence-electron chi connectivity index (χ2n) is 2.74. The van der Waals surface area contributed by atoms with Crippen LogP contribution in [0.5, 0.6) is 5.75 Å². The van der Waals surface area contributed by atoms with Gasteiger partial charge in [-0.15, -0.1) is 0 Å². The summed E-state index contributed by atoms with van der Waals surface area (Å²) in [5.41, 5.74) is 13.6. The van der Waals surface area contributed by atoms with E-state index in [1.165, 1.54) is 0 Å². The molecule has 4 N–H and O–H groups in total. The largest absolute Gasteiger partial charge is 0.495 e. The topological polar surface area (TPSA) is 61.3 Å². The molecule has 0 aromatic heterocycles. The molecule has 72 valence electrons. The van der Waals surface area contributed by atoms with E-state index in [-0.39, 0.29) is 0 Å². The smallest absolute Gasteiger partial charge is 0.144 e. The Balaban J connectivity index is 3.06. The van der Waals surface area contributed by atoms with Crippen LogP contribution in [0.4, 0.5) is 11.4 Å². The van der Waals surface area contributed by atoms with Crippen LogP contribution in [0.2, 0.25) is 0 Å². The molecule has 0 aliphatic carbocycles. The standard InChI is InChI=1S/C9H13BrN2O/c1-13-8-5-6(2-3-10)4-7(11)9(8)12/h4-5H,2-3,11-12H2,1H3. The molecule has 0 aliphatic heterocycles. The lowest BCUT2D eigenvalue weighted by molar-refractivity contribution is 0.416. The number of benzene rings is 1. The first-order valence-corrected chi connectivity index (χ1v) is 5.09. The van der Waals surface area contributed by atoms with Crippen LogP contribution in [0.15, 0.2) is 12.1 Å². The van der Waals surface area contributed by atoms with Gasteiger partial charge in [-0.1, -0.05) is 15.9 Å². The highest BCUT2D eigenvalue weighted by Crippen LogP contribution is 2.29. The van der Waals surface area contributed by atoms with Crippen molar-refractivity contribution >= 4 is 27.3 Å². The van der Waals surface area contributed by atoms with Crippen LogP contribution in [0.1, 0.15) is 5.56 Å². The van der Waals surface area contributed by atoms with Gasteiger partial charge in [0.15, 0.2) is 0 Å². The molecule has 1 aromatic carbocycles. The summed E-state index contributed by atoms with van der Waals surface area (Å²) >= 11 is 3.36. The van der Waals surface area contributed by atoms with Gasteiger partial charge in [-0.2, -0.15) is 0 Å². The number of alkyl halides is 1. The monoisotopic (exact) mass is 244 g/mol. The Hall–Kier alpha value is -0.900. The molecule has 0 unspecified atom stereocenters. The molecule has 0 aliphatic rings. The minimum Gasteiger partial charge on any atom is -0.495 e. The predicted octanol–water partition coefficient (Wildman–Crippen LogP) is 1.80. The van der Waals surface area contributed by atoms with Gasteiger partial charge < -0.3 is 16.2 Å². The van der Waals surface area contributed by atoms with E-state index in [1.807, 2.05) is 12.1 Å². The summed E-state index contributed by atoms with van der Waals surface area (Å²) < 4.78 is 5.09. The zero-order chi connectivity index (χ0) is 9.84. The van der Waals surface area contributed by atoms with E-state index in [1.54, 1.807) is 7.11 Å². The van der Waals surface area contributed by atoms with Crippen molar-refractivity contribution in [2.24, 2.45) is 0 Å². The van der Waals surface area contributed by atoms with E-state index in [0.29, 0.717) is 17.1 Å². The van der Waals surface area contributed by atoms with E-state index < -0.39 is 0 Å². The summed E-state index contributed by atoms with van der Waals surface area (Å²) in [7, 11) is 1.59. The second kappa shape index (κ2) is 4.37. The highest BCUT2D eigenvalue weighted by Gasteiger charge is 2.05. The summed E-state index contributed by atoms with van der Waals surface area (Å²) in [5, 5.41) is 0.902. The van der Waals surface area contributed by atoms with E-state index in [2.05, 4.69) is 15.9 Å². The lowest BCUT2D eigenvalue weighted by Gasteiger charge is -2.09. The fraction of sp³-hybridized carbons (Fsp3) is 0.333. The molecule has 4 heteroatoms. The summed E-state index contributed by atoms with van der Waals surface area (Å²) in [6.07, 6.45) is 0.917. The first-order chi connectivity index (χ1) is 6.19. The van der Waals surface area contributed by atoms with Crippen molar-refractivity contribution in [3.05, 3.63) is 17.7 Å². The zero-order valence-corrected chi connectivity index (χ0v) is 9.10. The maximum Gasteiger partial charge on any atom is 0.144 e. The summed E-state index contributed by atoms with van der Waals surface area (Å²) in [6, 6.07) is 3.78. The van der Waals surface area contributed by atoms with E-state index in [9.17, 15) is 0 Å². The van der Waals surface area contributed by atoms with Gasteiger partial charge in [0.05, 0.1) is 18.5 Å². The third kappa shape index (κ3) is 2.28. The second-order valence-corrected chi connectivity index (χ2v) is 3.53. The van der Waals surface area contributed by atoms with Crippen molar-refractivity contribution in [1.82, 2.24) is 0 Å². The molecule has 3 nitrogen and oxygen atoms in total. The zero-order valence-electron chi connectivity index (χ0n) is 7.51. The maximum atomic E-state index is 5.71. The Labute approximate surface area is 86.2 Å². The number of aryl methyl sites for hydroxylation is 1. The van der Waals surface area contributed by atoms with Crippen LogP contribution in [-0.4, -0.2) is 12.4 Å². The number of nitrogens with two attached hydrogens (primary N) is 2. The molecule has 1 rings (SSSR count). The SMILES string of the molecule is COc1cc(CCBr)cc(N)c1N. The van der Waals surface area contributed by atoms with Gasteiger partial charge in [0.1, 0.15) is 5.75 Å². The number of hydrogen-bond acceptors (Lipinski definition) is 3. The van der Waals surface area contributed by atoms with E-state index >= 15 is 0 Å². The minimum absolute atomic E-state index is 0.515. The van der Waals surface area contributed by atoms with Crippen LogP contribution < -0.4 is 16.2 Å². The first-order valence-electron chi connectivity index (χ1n) is 3.97. The minimum atomic E-state index is 0.515. The first kappa shape index (κ1) is 10.2. The van der Waals surface area contributed by atoms with Crippen molar-refractivity contribution in [1.29, 1.82) is 0 Å². The van der Waals surface area contributed by atoms with Crippen LogP contribution in [0, 0.1) is 0 Å². The third-order valence-corrected chi connectivity index (χ3v) is 2.23. The Morgan fingerprint density at radius 3 is 2.62 bits per heavy atom. The van der Waals surface area contributed by atoms with Crippen LogP contribution in [0.3, 0.4) is 0 Å². The molecule has 0 atom stereocenters. The Morgan fingerprint density at radius 2 is 2.08 bits per heavy atom. The fourth-order valence-corrected chi connectivity index (χ4v) is 1.59. The molecule has 0 heterocycles. The predicted molar refractivity (Wildman–Crippen MR) is 59.3 cm³/mol. The number of hydrogen-bond donors (Lipinski definition) is 2. The maximum absolute atomic E-state index is 5.71. The van der Waals surface area contributed by atoms with Gasteiger partial charge in [-0.3, -0.25) is 0 Å². The molecule has 0 fully saturated rings. The van der Waals surface area contributed by atoms with Gasteiger partial charge in [0, 0.05) is 5.33 Å². The van der Waals surface area contributed by atoms with Crippen molar-refractivity contribution in [2.45, 2.75) is 6.42 Å². The van der Waals surface area contributed by atoms with Crippen molar-refractivity contribution in [2.75, 3.05) is 23.9 Å². The number of nitrogen functional groups attached to an aromatic ring is 2. The molecular formula is C9H13BrN2O. The fourth-order valence-electron chi connectivity index (χ4n) is 1.13. The van der Waals surface area contributed by atoms with Crippen LogP contribution in [0.25, 0.3) is 0 Å².